The van der Waals surface area contributed by atoms with Crippen molar-refractivity contribution >= 4 is 40.8 Å². The minimum Gasteiger partial charge on any atom is -0.353 e. The molecule has 0 aliphatic rings. The topological polar surface area (TPSA) is 87.3 Å². The zero-order valence-corrected chi connectivity index (χ0v) is 15.5. The normalized spacial score (nSPS) is 10.4. The number of thioether (sulfide) groups is 1. The van der Waals surface area contributed by atoms with Crippen LogP contribution >= 0.6 is 23.1 Å². The van der Waals surface area contributed by atoms with Gasteiger partial charge in [-0.25, -0.2) is 0 Å². The van der Waals surface area contributed by atoms with Gasteiger partial charge in [0.05, 0.1) is 16.2 Å². The van der Waals surface area contributed by atoms with Crippen LogP contribution in [-0.2, 0) is 4.79 Å². The molecule has 0 unspecified atom stereocenters. The SMILES string of the molecule is CC(C)NC(=O)CSc1ccccc1C(=O)NNC(=O)c1cccs1. The summed E-state index contributed by atoms with van der Waals surface area (Å²) in [5.74, 6) is -0.687. The van der Waals surface area contributed by atoms with Gasteiger partial charge in [0.1, 0.15) is 0 Å². The lowest BCUT2D eigenvalue weighted by Gasteiger charge is -2.11. The van der Waals surface area contributed by atoms with E-state index in [1.165, 1.54) is 23.1 Å². The number of hydrogen-bond acceptors (Lipinski definition) is 5. The van der Waals surface area contributed by atoms with Crippen molar-refractivity contribution in [3.8, 4) is 0 Å². The number of carbonyl (C=O) groups is 3. The maximum absolute atomic E-state index is 12.3. The van der Waals surface area contributed by atoms with E-state index in [0.29, 0.717) is 15.3 Å². The van der Waals surface area contributed by atoms with E-state index in [2.05, 4.69) is 16.2 Å². The molecule has 0 saturated heterocycles. The number of hydrazine groups is 1. The molecule has 132 valence electrons. The van der Waals surface area contributed by atoms with E-state index in [0.717, 1.165) is 0 Å². The molecule has 1 aromatic heterocycles. The fourth-order valence-corrected chi connectivity index (χ4v) is 3.42. The second kappa shape index (κ2) is 9.24. The maximum Gasteiger partial charge on any atom is 0.279 e. The highest BCUT2D eigenvalue weighted by Crippen LogP contribution is 2.22. The monoisotopic (exact) mass is 377 g/mol. The minimum absolute atomic E-state index is 0.0686. The predicted octanol–water partition coefficient (Wildman–Crippen LogP) is 2.44. The largest absolute Gasteiger partial charge is 0.353 e. The van der Waals surface area contributed by atoms with Gasteiger partial charge in [0.25, 0.3) is 11.8 Å². The van der Waals surface area contributed by atoms with Gasteiger partial charge in [-0.05, 0) is 37.4 Å². The highest BCUT2D eigenvalue weighted by Gasteiger charge is 2.14. The summed E-state index contributed by atoms with van der Waals surface area (Å²) in [6, 6.07) is 10.4. The zero-order chi connectivity index (χ0) is 18.2. The van der Waals surface area contributed by atoms with Crippen molar-refractivity contribution in [2.24, 2.45) is 0 Å². The molecular formula is C17H19N3O3S2. The van der Waals surface area contributed by atoms with Gasteiger partial charge in [-0.15, -0.1) is 23.1 Å². The van der Waals surface area contributed by atoms with E-state index in [9.17, 15) is 14.4 Å². The summed E-state index contributed by atoms with van der Waals surface area (Å²) in [5.41, 5.74) is 5.19. The number of amides is 3. The van der Waals surface area contributed by atoms with Crippen LogP contribution in [0.15, 0.2) is 46.7 Å². The van der Waals surface area contributed by atoms with E-state index in [1.54, 1.807) is 41.8 Å². The van der Waals surface area contributed by atoms with Crippen molar-refractivity contribution in [2.45, 2.75) is 24.8 Å². The molecule has 3 amide bonds. The Morgan fingerprint density at radius 1 is 1.04 bits per heavy atom. The zero-order valence-electron chi connectivity index (χ0n) is 13.9. The lowest BCUT2D eigenvalue weighted by Crippen LogP contribution is -2.41. The molecule has 25 heavy (non-hydrogen) atoms. The van der Waals surface area contributed by atoms with E-state index in [4.69, 9.17) is 0 Å². The van der Waals surface area contributed by atoms with E-state index in [1.807, 2.05) is 13.8 Å². The smallest absolute Gasteiger partial charge is 0.279 e. The van der Waals surface area contributed by atoms with Gasteiger partial charge in [-0.1, -0.05) is 18.2 Å². The Hall–Kier alpha value is -2.32. The number of carbonyl (C=O) groups excluding carboxylic acids is 3. The lowest BCUT2D eigenvalue weighted by molar-refractivity contribution is -0.119. The fourth-order valence-electron chi connectivity index (χ4n) is 1.94. The number of benzene rings is 1. The van der Waals surface area contributed by atoms with Crippen molar-refractivity contribution in [3.63, 3.8) is 0 Å². The average molecular weight is 377 g/mol. The van der Waals surface area contributed by atoms with Crippen molar-refractivity contribution in [1.82, 2.24) is 16.2 Å². The summed E-state index contributed by atoms with van der Waals surface area (Å²) in [6.45, 7) is 3.78. The second-order valence-corrected chi connectivity index (χ2v) is 7.36. The molecule has 1 heterocycles. The van der Waals surface area contributed by atoms with Crippen molar-refractivity contribution in [3.05, 3.63) is 52.2 Å². The van der Waals surface area contributed by atoms with E-state index < -0.39 is 5.91 Å². The third kappa shape index (κ3) is 5.91. The summed E-state index contributed by atoms with van der Waals surface area (Å²) in [7, 11) is 0. The van der Waals surface area contributed by atoms with Crippen molar-refractivity contribution in [1.29, 1.82) is 0 Å². The first-order valence-electron chi connectivity index (χ1n) is 7.62. The quantitative estimate of drug-likeness (QED) is 0.533. The Labute approximate surface area is 154 Å². The fraction of sp³-hybridized carbons (Fsp3) is 0.235. The number of rotatable bonds is 6. The Balaban J connectivity index is 1.95. The van der Waals surface area contributed by atoms with Crippen molar-refractivity contribution in [2.75, 3.05) is 5.75 Å². The van der Waals surface area contributed by atoms with Gasteiger partial charge < -0.3 is 5.32 Å². The molecule has 1 aromatic carbocycles. The summed E-state index contributed by atoms with van der Waals surface area (Å²) in [4.78, 5) is 37.1. The molecule has 0 radical (unpaired) electrons. The molecule has 2 aromatic rings. The Morgan fingerprint density at radius 2 is 1.76 bits per heavy atom. The molecular weight excluding hydrogens is 358 g/mol. The summed E-state index contributed by atoms with van der Waals surface area (Å²) < 4.78 is 0. The Kier molecular flexibility index (Phi) is 7.03. The molecule has 0 bridgehead atoms. The highest BCUT2D eigenvalue weighted by atomic mass is 32.2. The lowest BCUT2D eigenvalue weighted by atomic mass is 10.2. The van der Waals surface area contributed by atoms with Gasteiger partial charge in [-0.2, -0.15) is 0 Å². The van der Waals surface area contributed by atoms with Crippen LogP contribution in [0.25, 0.3) is 0 Å². The molecule has 6 nitrogen and oxygen atoms in total. The van der Waals surface area contributed by atoms with E-state index >= 15 is 0 Å². The maximum atomic E-state index is 12.3. The van der Waals surface area contributed by atoms with E-state index in [-0.39, 0.29) is 23.6 Å². The minimum atomic E-state index is -0.433. The van der Waals surface area contributed by atoms with Crippen LogP contribution in [0.1, 0.15) is 33.9 Å². The van der Waals surface area contributed by atoms with Crippen LogP contribution in [0.3, 0.4) is 0 Å². The summed E-state index contributed by atoms with van der Waals surface area (Å²) >= 11 is 2.56. The standard InChI is InChI=1S/C17H19N3O3S2/c1-11(2)18-15(21)10-25-13-7-4-3-6-12(13)16(22)19-20-17(23)14-8-5-9-24-14/h3-9,11H,10H2,1-2H3,(H,18,21)(H,19,22)(H,20,23). The van der Waals surface area contributed by atoms with Crippen LogP contribution in [0.4, 0.5) is 0 Å². The molecule has 3 N–H and O–H groups in total. The second-order valence-electron chi connectivity index (χ2n) is 5.39. The first kappa shape index (κ1) is 19.0. The van der Waals surface area contributed by atoms with Crippen LogP contribution in [0.5, 0.6) is 0 Å². The molecule has 0 aliphatic carbocycles. The van der Waals surface area contributed by atoms with Crippen molar-refractivity contribution < 1.29 is 14.4 Å². The highest BCUT2D eigenvalue weighted by molar-refractivity contribution is 8.00. The Morgan fingerprint density at radius 3 is 2.44 bits per heavy atom. The van der Waals surface area contributed by atoms with Gasteiger partial charge in [-0.3, -0.25) is 25.2 Å². The molecule has 0 saturated carbocycles. The summed E-state index contributed by atoms with van der Waals surface area (Å²) in [6.07, 6.45) is 0. The number of thiophene rings is 1. The average Bonchev–Trinajstić information content (AvgIpc) is 3.12. The third-order valence-corrected chi connectivity index (χ3v) is 4.92. The van der Waals surface area contributed by atoms with Gasteiger partial charge in [0.2, 0.25) is 5.91 Å². The first-order chi connectivity index (χ1) is 12.0. The Bertz CT molecular complexity index is 745. The van der Waals surface area contributed by atoms with Crippen LogP contribution in [0.2, 0.25) is 0 Å². The van der Waals surface area contributed by atoms with Gasteiger partial charge in [0.15, 0.2) is 0 Å². The van der Waals surface area contributed by atoms with Crippen LogP contribution in [-0.4, -0.2) is 29.5 Å². The molecule has 0 spiro atoms. The van der Waals surface area contributed by atoms with Crippen LogP contribution < -0.4 is 16.2 Å². The van der Waals surface area contributed by atoms with Gasteiger partial charge >= 0.3 is 0 Å². The summed E-state index contributed by atoms with van der Waals surface area (Å²) in [5, 5.41) is 4.58. The predicted molar refractivity (Wildman–Crippen MR) is 99.7 cm³/mol. The third-order valence-electron chi connectivity index (χ3n) is 2.97. The number of nitrogens with one attached hydrogen (secondary N) is 3. The molecule has 8 heteroatoms. The molecule has 0 atom stereocenters. The number of hydrogen-bond donors (Lipinski definition) is 3. The molecule has 2 rings (SSSR count). The molecule has 0 fully saturated rings. The first-order valence-corrected chi connectivity index (χ1v) is 9.49. The van der Waals surface area contributed by atoms with Gasteiger partial charge in [0, 0.05) is 10.9 Å². The van der Waals surface area contributed by atoms with Crippen LogP contribution in [0, 0.1) is 0 Å². The molecule has 0 aliphatic heterocycles.